The molecule has 0 radical (unpaired) electrons. The second-order valence-electron chi connectivity index (χ2n) is 5.92. The zero-order valence-corrected chi connectivity index (χ0v) is 10.6. The molecule has 0 heterocycles. The Balaban J connectivity index is 1.77. The van der Waals surface area contributed by atoms with E-state index < -0.39 is 0 Å². The van der Waals surface area contributed by atoms with Crippen molar-refractivity contribution in [2.75, 3.05) is 0 Å². The molecule has 3 atom stereocenters. The van der Waals surface area contributed by atoms with Crippen LogP contribution in [-0.4, -0.2) is 5.11 Å². The highest BCUT2D eigenvalue weighted by Gasteiger charge is 2.60. The van der Waals surface area contributed by atoms with Crippen LogP contribution in [0.1, 0.15) is 52.4 Å². The third-order valence-corrected chi connectivity index (χ3v) is 4.93. The Bertz CT molecular complexity index is 315. The number of hydrogen-bond acceptors (Lipinski definition) is 1. The molecule has 1 N–H and O–H groups in total. The summed E-state index contributed by atoms with van der Waals surface area (Å²) in [5, 5.41) is 8.83. The fourth-order valence-corrected chi connectivity index (χ4v) is 3.55. The second kappa shape index (κ2) is 4.27. The standard InChI is InChI=1S/C15H24O/c1-11(10-16)5-4-6-13(3)15-8-7-12(2)14(15)9-15/h10,13-14,16H,2,4-9H2,1,3H3/b11-10-/t13-,14?,15?/m1/s1. The van der Waals surface area contributed by atoms with Crippen molar-refractivity contribution in [3.8, 4) is 0 Å². The molecule has 2 aliphatic rings. The predicted molar refractivity (Wildman–Crippen MR) is 68.3 cm³/mol. The lowest BCUT2D eigenvalue weighted by Gasteiger charge is -2.21. The molecule has 2 rings (SSSR count). The summed E-state index contributed by atoms with van der Waals surface area (Å²) in [6.07, 6.45) is 8.86. The van der Waals surface area contributed by atoms with Crippen molar-refractivity contribution >= 4 is 0 Å². The first-order valence-electron chi connectivity index (χ1n) is 6.57. The molecule has 90 valence electrons. The van der Waals surface area contributed by atoms with Gasteiger partial charge < -0.3 is 5.11 Å². The van der Waals surface area contributed by atoms with Crippen molar-refractivity contribution in [3.63, 3.8) is 0 Å². The number of allylic oxidation sites excluding steroid dienone is 2. The van der Waals surface area contributed by atoms with Gasteiger partial charge in [-0.15, -0.1) is 0 Å². The van der Waals surface area contributed by atoms with Crippen LogP contribution in [0.2, 0.25) is 0 Å². The summed E-state index contributed by atoms with van der Waals surface area (Å²) in [6.45, 7) is 8.60. The number of rotatable bonds is 5. The first kappa shape index (κ1) is 11.8. The Kier molecular flexibility index (Phi) is 3.14. The maximum atomic E-state index is 8.83. The molecule has 0 aliphatic heterocycles. The molecular weight excluding hydrogens is 196 g/mol. The van der Waals surface area contributed by atoms with E-state index in [4.69, 9.17) is 5.11 Å². The molecule has 0 aromatic carbocycles. The zero-order valence-electron chi connectivity index (χ0n) is 10.6. The van der Waals surface area contributed by atoms with Crippen LogP contribution < -0.4 is 0 Å². The Morgan fingerprint density at radius 1 is 1.69 bits per heavy atom. The van der Waals surface area contributed by atoms with Crippen molar-refractivity contribution in [2.24, 2.45) is 17.3 Å². The molecule has 0 amide bonds. The minimum atomic E-state index is 0.647. The summed E-state index contributed by atoms with van der Waals surface area (Å²) < 4.78 is 0. The first-order valence-corrected chi connectivity index (χ1v) is 6.57. The van der Waals surface area contributed by atoms with Crippen LogP contribution in [-0.2, 0) is 0 Å². The maximum absolute atomic E-state index is 8.83. The summed E-state index contributed by atoms with van der Waals surface area (Å²) in [4.78, 5) is 0. The van der Waals surface area contributed by atoms with Gasteiger partial charge in [0.2, 0.25) is 0 Å². The van der Waals surface area contributed by atoms with Gasteiger partial charge in [-0.25, -0.2) is 0 Å². The van der Waals surface area contributed by atoms with Crippen molar-refractivity contribution in [1.82, 2.24) is 0 Å². The second-order valence-corrected chi connectivity index (χ2v) is 5.92. The van der Waals surface area contributed by atoms with Gasteiger partial charge in [0.1, 0.15) is 0 Å². The molecule has 2 saturated carbocycles. The largest absolute Gasteiger partial charge is 0.516 e. The third kappa shape index (κ3) is 1.92. The molecule has 0 saturated heterocycles. The topological polar surface area (TPSA) is 20.2 Å². The normalized spacial score (nSPS) is 35.0. The summed E-state index contributed by atoms with van der Waals surface area (Å²) in [7, 11) is 0. The minimum absolute atomic E-state index is 0.647. The van der Waals surface area contributed by atoms with Gasteiger partial charge in [0.15, 0.2) is 0 Å². The van der Waals surface area contributed by atoms with E-state index in [9.17, 15) is 0 Å². The molecule has 2 aliphatic carbocycles. The quantitative estimate of drug-likeness (QED) is 0.530. The van der Waals surface area contributed by atoms with Gasteiger partial charge in [0.25, 0.3) is 0 Å². The van der Waals surface area contributed by atoms with E-state index >= 15 is 0 Å². The Morgan fingerprint density at radius 3 is 2.94 bits per heavy atom. The average molecular weight is 220 g/mol. The molecule has 16 heavy (non-hydrogen) atoms. The highest BCUT2D eigenvalue weighted by Crippen LogP contribution is 2.69. The predicted octanol–water partition coefficient (Wildman–Crippen LogP) is 4.61. The van der Waals surface area contributed by atoms with Gasteiger partial charge in [-0.1, -0.05) is 19.1 Å². The van der Waals surface area contributed by atoms with Crippen LogP contribution in [0.15, 0.2) is 24.0 Å². The molecular formula is C15H24O. The molecule has 0 spiro atoms. The SMILES string of the molecule is C=C1CCC2([C@H](C)CCC/C(C)=C\O)CC12. The number of hydrogen-bond donors (Lipinski definition) is 1. The fraction of sp³-hybridized carbons (Fsp3) is 0.733. The van der Waals surface area contributed by atoms with E-state index in [1.807, 2.05) is 6.92 Å². The van der Waals surface area contributed by atoms with E-state index in [0.717, 1.165) is 23.8 Å². The van der Waals surface area contributed by atoms with Crippen LogP contribution >= 0.6 is 0 Å². The molecule has 2 unspecified atom stereocenters. The average Bonchev–Trinajstić information content (AvgIpc) is 2.94. The number of aliphatic hydroxyl groups excluding tert-OH is 1. The van der Waals surface area contributed by atoms with Crippen LogP contribution in [0.4, 0.5) is 0 Å². The van der Waals surface area contributed by atoms with Crippen molar-refractivity contribution in [3.05, 3.63) is 24.0 Å². The zero-order chi connectivity index (χ0) is 11.8. The van der Waals surface area contributed by atoms with Crippen LogP contribution in [0, 0.1) is 17.3 Å². The van der Waals surface area contributed by atoms with E-state index in [2.05, 4.69) is 13.5 Å². The van der Waals surface area contributed by atoms with E-state index in [0.29, 0.717) is 5.41 Å². The van der Waals surface area contributed by atoms with Crippen LogP contribution in [0.25, 0.3) is 0 Å². The van der Waals surface area contributed by atoms with Gasteiger partial charge in [-0.3, -0.25) is 0 Å². The molecule has 2 fully saturated rings. The van der Waals surface area contributed by atoms with Crippen molar-refractivity contribution in [1.29, 1.82) is 0 Å². The summed E-state index contributed by atoms with van der Waals surface area (Å²) in [6, 6.07) is 0. The Hall–Kier alpha value is -0.720. The molecule has 1 nitrogen and oxygen atoms in total. The highest BCUT2D eigenvalue weighted by atomic mass is 16.2. The molecule has 0 aromatic rings. The van der Waals surface area contributed by atoms with Gasteiger partial charge >= 0.3 is 0 Å². The van der Waals surface area contributed by atoms with Gasteiger partial charge in [0, 0.05) is 0 Å². The number of fused-ring (bicyclic) bond motifs is 1. The highest BCUT2D eigenvalue weighted by molar-refractivity contribution is 5.26. The van der Waals surface area contributed by atoms with Gasteiger partial charge in [0.05, 0.1) is 6.26 Å². The van der Waals surface area contributed by atoms with Crippen molar-refractivity contribution < 1.29 is 5.11 Å². The molecule has 0 bridgehead atoms. The number of aliphatic hydroxyl groups is 1. The van der Waals surface area contributed by atoms with Crippen molar-refractivity contribution in [2.45, 2.75) is 52.4 Å². The summed E-state index contributed by atoms with van der Waals surface area (Å²) in [5.74, 6) is 1.69. The molecule has 0 aromatic heterocycles. The van der Waals surface area contributed by atoms with E-state index in [1.54, 1.807) is 0 Å². The molecule has 1 heteroatoms. The Labute approximate surface area is 99.3 Å². The minimum Gasteiger partial charge on any atom is -0.516 e. The Morgan fingerprint density at radius 2 is 2.44 bits per heavy atom. The third-order valence-electron chi connectivity index (χ3n) is 4.93. The summed E-state index contributed by atoms with van der Waals surface area (Å²) >= 11 is 0. The smallest absolute Gasteiger partial charge is 0.0780 e. The lowest BCUT2D eigenvalue weighted by atomic mass is 9.84. The first-order chi connectivity index (χ1) is 7.60. The van der Waals surface area contributed by atoms with Gasteiger partial charge in [-0.05, 0) is 68.3 Å². The van der Waals surface area contributed by atoms with Crippen LogP contribution in [0.5, 0.6) is 0 Å². The van der Waals surface area contributed by atoms with E-state index in [-0.39, 0.29) is 0 Å². The lowest BCUT2D eigenvalue weighted by molar-refractivity contribution is 0.294. The van der Waals surface area contributed by atoms with Crippen LogP contribution in [0.3, 0.4) is 0 Å². The monoisotopic (exact) mass is 220 g/mol. The lowest BCUT2D eigenvalue weighted by Crippen LogP contribution is -2.12. The van der Waals surface area contributed by atoms with Gasteiger partial charge in [-0.2, -0.15) is 0 Å². The van der Waals surface area contributed by atoms with E-state index in [1.165, 1.54) is 43.9 Å². The fourth-order valence-electron chi connectivity index (χ4n) is 3.55. The maximum Gasteiger partial charge on any atom is 0.0780 e. The summed E-state index contributed by atoms with van der Waals surface area (Å²) in [5.41, 5.74) is 3.26.